The smallest absolute Gasteiger partial charge is 0.0594 e. The van der Waals surface area contributed by atoms with Gasteiger partial charge in [-0.1, -0.05) is 13.8 Å². The molecule has 4 nitrogen and oxygen atoms in total. The maximum absolute atomic E-state index is 9.58. The van der Waals surface area contributed by atoms with Crippen LogP contribution in [0.3, 0.4) is 0 Å². The Balaban J connectivity index is 1.77. The second kappa shape index (κ2) is 8.32. The Kier molecular flexibility index (Phi) is 6.75. The van der Waals surface area contributed by atoms with Gasteiger partial charge >= 0.3 is 0 Å². The van der Waals surface area contributed by atoms with E-state index in [1.54, 1.807) is 0 Å². The van der Waals surface area contributed by atoms with Gasteiger partial charge in [0.25, 0.3) is 0 Å². The Morgan fingerprint density at radius 3 is 2.40 bits per heavy atom. The fourth-order valence-electron chi connectivity index (χ4n) is 3.43. The van der Waals surface area contributed by atoms with Gasteiger partial charge in [-0.15, -0.1) is 0 Å². The minimum Gasteiger partial charge on any atom is -0.393 e. The first-order valence-corrected chi connectivity index (χ1v) is 8.38. The van der Waals surface area contributed by atoms with E-state index in [1.807, 2.05) is 0 Å². The van der Waals surface area contributed by atoms with E-state index in [0.717, 1.165) is 64.4 Å². The maximum Gasteiger partial charge on any atom is 0.0594 e. The molecule has 0 radical (unpaired) electrons. The summed E-state index contributed by atoms with van der Waals surface area (Å²) in [6.45, 7) is 9.60. The topological polar surface area (TPSA) is 44.7 Å². The molecule has 1 saturated heterocycles. The van der Waals surface area contributed by atoms with Gasteiger partial charge in [0.05, 0.1) is 19.3 Å². The first kappa shape index (κ1) is 16.2. The van der Waals surface area contributed by atoms with Crippen LogP contribution in [0.1, 0.15) is 46.0 Å². The summed E-state index contributed by atoms with van der Waals surface area (Å²) in [5.41, 5.74) is 0. The fourth-order valence-corrected chi connectivity index (χ4v) is 3.43. The zero-order valence-electron chi connectivity index (χ0n) is 13.2. The van der Waals surface area contributed by atoms with Gasteiger partial charge in [0.15, 0.2) is 0 Å². The number of rotatable bonds is 6. The highest BCUT2D eigenvalue weighted by molar-refractivity contribution is 4.82. The fraction of sp³-hybridized carbons (Fsp3) is 1.00. The van der Waals surface area contributed by atoms with Crippen LogP contribution in [0.5, 0.6) is 0 Å². The molecule has 0 bridgehead atoms. The third-order valence-electron chi connectivity index (χ3n) is 4.64. The highest BCUT2D eigenvalue weighted by Crippen LogP contribution is 2.19. The van der Waals surface area contributed by atoms with E-state index in [-0.39, 0.29) is 6.10 Å². The van der Waals surface area contributed by atoms with E-state index >= 15 is 0 Å². The van der Waals surface area contributed by atoms with E-state index in [1.165, 1.54) is 6.42 Å². The van der Waals surface area contributed by atoms with Crippen molar-refractivity contribution in [3.63, 3.8) is 0 Å². The van der Waals surface area contributed by atoms with Crippen LogP contribution in [0, 0.1) is 5.92 Å². The van der Waals surface area contributed by atoms with Crippen molar-refractivity contribution >= 4 is 0 Å². The first-order valence-electron chi connectivity index (χ1n) is 8.38. The van der Waals surface area contributed by atoms with Gasteiger partial charge in [-0.2, -0.15) is 0 Å². The lowest BCUT2D eigenvalue weighted by Gasteiger charge is -2.37. The molecule has 2 N–H and O–H groups in total. The number of nitrogens with one attached hydrogen (secondary N) is 1. The molecule has 1 heterocycles. The molecule has 0 aromatic rings. The number of hydrogen-bond donors (Lipinski definition) is 2. The second-order valence-electron chi connectivity index (χ2n) is 6.85. The Labute approximate surface area is 123 Å². The standard InChI is InChI=1S/C16H32N2O2/c1-13(2)11-15(18-7-9-20-10-8-18)12-17-14-3-5-16(19)6-4-14/h13-17,19H,3-12H2,1-2H3. The predicted octanol–water partition coefficient (Wildman–Crippen LogP) is 1.63. The van der Waals surface area contributed by atoms with E-state index < -0.39 is 0 Å². The van der Waals surface area contributed by atoms with Crippen LogP contribution in [0.15, 0.2) is 0 Å². The molecule has 0 aromatic heterocycles. The maximum atomic E-state index is 9.58. The molecule has 0 amide bonds. The van der Waals surface area contributed by atoms with Crippen LogP contribution in [0.4, 0.5) is 0 Å². The van der Waals surface area contributed by atoms with Gasteiger partial charge in [-0.25, -0.2) is 0 Å². The van der Waals surface area contributed by atoms with Crippen molar-refractivity contribution in [2.45, 2.75) is 64.1 Å². The lowest BCUT2D eigenvalue weighted by Crippen LogP contribution is -2.50. The van der Waals surface area contributed by atoms with Crippen molar-refractivity contribution in [1.82, 2.24) is 10.2 Å². The Bertz CT molecular complexity index is 259. The molecule has 2 rings (SSSR count). The summed E-state index contributed by atoms with van der Waals surface area (Å²) in [6, 6.07) is 1.24. The van der Waals surface area contributed by atoms with Gasteiger partial charge < -0.3 is 15.2 Å². The average Bonchev–Trinajstić information content (AvgIpc) is 2.46. The zero-order chi connectivity index (χ0) is 14.4. The lowest BCUT2D eigenvalue weighted by molar-refractivity contribution is 0.0111. The molecular weight excluding hydrogens is 252 g/mol. The largest absolute Gasteiger partial charge is 0.393 e. The zero-order valence-corrected chi connectivity index (χ0v) is 13.2. The quantitative estimate of drug-likeness (QED) is 0.778. The van der Waals surface area contributed by atoms with Crippen molar-refractivity contribution in [3.05, 3.63) is 0 Å². The summed E-state index contributed by atoms with van der Waals surface area (Å²) in [5, 5.41) is 13.3. The molecular formula is C16H32N2O2. The second-order valence-corrected chi connectivity index (χ2v) is 6.85. The summed E-state index contributed by atoms with van der Waals surface area (Å²) < 4.78 is 5.47. The third-order valence-corrected chi connectivity index (χ3v) is 4.64. The lowest BCUT2D eigenvalue weighted by atomic mass is 9.92. The Morgan fingerprint density at radius 2 is 1.80 bits per heavy atom. The van der Waals surface area contributed by atoms with E-state index in [9.17, 15) is 5.11 Å². The molecule has 2 fully saturated rings. The number of morpholine rings is 1. The van der Waals surface area contributed by atoms with Crippen LogP contribution < -0.4 is 5.32 Å². The van der Waals surface area contributed by atoms with Crippen LogP contribution >= 0.6 is 0 Å². The number of aliphatic hydroxyl groups is 1. The van der Waals surface area contributed by atoms with Crippen molar-refractivity contribution in [2.24, 2.45) is 5.92 Å². The van der Waals surface area contributed by atoms with Crippen molar-refractivity contribution in [3.8, 4) is 0 Å². The summed E-state index contributed by atoms with van der Waals surface area (Å²) in [7, 11) is 0. The van der Waals surface area contributed by atoms with Crippen molar-refractivity contribution in [2.75, 3.05) is 32.8 Å². The monoisotopic (exact) mass is 284 g/mol. The van der Waals surface area contributed by atoms with Crippen LogP contribution in [-0.4, -0.2) is 61.0 Å². The number of ether oxygens (including phenoxy) is 1. The van der Waals surface area contributed by atoms with E-state index in [4.69, 9.17) is 4.74 Å². The minimum absolute atomic E-state index is 0.0567. The molecule has 0 aromatic carbocycles. The molecule has 20 heavy (non-hydrogen) atoms. The average molecular weight is 284 g/mol. The van der Waals surface area contributed by atoms with Gasteiger partial charge in [0, 0.05) is 31.7 Å². The third kappa shape index (κ3) is 5.32. The molecule has 1 atom stereocenters. The first-order chi connectivity index (χ1) is 9.65. The highest BCUT2D eigenvalue weighted by Gasteiger charge is 2.24. The molecule has 1 saturated carbocycles. The minimum atomic E-state index is -0.0567. The normalized spacial score (nSPS) is 30.6. The van der Waals surface area contributed by atoms with Crippen LogP contribution in [0.25, 0.3) is 0 Å². The molecule has 1 aliphatic heterocycles. The van der Waals surface area contributed by atoms with Gasteiger partial charge in [-0.05, 0) is 38.0 Å². The van der Waals surface area contributed by atoms with Crippen molar-refractivity contribution in [1.29, 1.82) is 0 Å². The van der Waals surface area contributed by atoms with Crippen molar-refractivity contribution < 1.29 is 9.84 Å². The van der Waals surface area contributed by atoms with Gasteiger partial charge in [0.2, 0.25) is 0 Å². The van der Waals surface area contributed by atoms with Crippen LogP contribution in [-0.2, 0) is 4.74 Å². The molecule has 118 valence electrons. The Morgan fingerprint density at radius 1 is 1.15 bits per heavy atom. The van der Waals surface area contributed by atoms with Gasteiger partial charge in [0.1, 0.15) is 0 Å². The molecule has 2 aliphatic rings. The molecule has 4 heteroatoms. The highest BCUT2D eigenvalue weighted by atomic mass is 16.5. The molecule has 0 spiro atoms. The SMILES string of the molecule is CC(C)CC(CNC1CCC(O)CC1)N1CCOCC1. The molecule has 1 unspecified atom stereocenters. The number of nitrogens with zero attached hydrogens (tertiary/aromatic N) is 1. The van der Waals surface area contributed by atoms with Crippen LogP contribution in [0.2, 0.25) is 0 Å². The summed E-state index contributed by atoms with van der Waals surface area (Å²) in [6.07, 6.45) is 5.37. The van der Waals surface area contributed by atoms with Gasteiger partial charge in [-0.3, -0.25) is 4.90 Å². The number of aliphatic hydroxyl groups excluding tert-OH is 1. The summed E-state index contributed by atoms with van der Waals surface area (Å²) in [5.74, 6) is 0.734. The van der Waals surface area contributed by atoms with E-state index in [2.05, 4.69) is 24.1 Å². The van der Waals surface area contributed by atoms with E-state index in [0.29, 0.717) is 12.1 Å². The Hall–Kier alpha value is -0.160. The summed E-state index contributed by atoms with van der Waals surface area (Å²) >= 11 is 0. The predicted molar refractivity (Wildman–Crippen MR) is 81.9 cm³/mol. The number of hydrogen-bond acceptors (Lipinski definition) is 4. The molecule has 1 aliphatic carbocycles. The summed E-state index contributed by atoms with van der Waals surface area (Å²) in [4.78, 5) is 2.59.